The molecule has 2 aromatic rings. The fourth-order valence-electron chi connectivity index (χ4n) is 1.99. The highest BCUT2D eigenvalue weighted by molar-refractivity contribution is 9.10. The lowest BCUT2D eigenvalue weighted by Crippen LogP contribution is -2.30. The van der Waals surface area contributed by atoms with E-state index in [-0.39, 0.29) is 17.5 Å². The van der Waals surface area contributed by atoms with E-state index in [2.05, 4.69) is 15.9 Å². The molecule has 0 saturated carbocycles. The van der Waals surface area contributed by atoms with Gasteiger partial charge in [-0.25, -0.2) is 4.39 Å². The first kappa shape index (κ1) is 16.0. The van der Waals surface area contributed by atoms with Crippen LogP contribution in [0.2, 0.25) is 5.02 Å². The largest absolute Gasteiger partial charge is 0.335 e. The van der Waals surface area contributed by atoms with Gasteiger partial charge in [0.05, 0.1) is 11.6 Å². The fourth-order valence-corrected chi connectivity index (χ4v) is 2.45. The summed E-state index contributed by atoms with van der Waals surface area (Å²) in [7, 11) is 1.66. The average molecular weight is 371 g/mol. The lowest BCUT2D eigenvalue weighted by atomic mass is 10.1. The quantitative estimate of drug-likeness (QED) is 0.738. The molecule has 0 aliphatic carbocycles. The minimum Gasteiger partial charge on any atom is -0.335 e. The second-order valence-corrected chi connectivity index (χ2v) is 6.12. The second kappa shape index (κ2) is 6.58. The SMILES string of the molecule is C[C@H](c1ccc(Cl)cc1)N(C)C(=O)c1ccc(Br)cc1F. The van der Waals surface area contributed by atoms with E-state index in [4.69, 9.17) is 11.6 Å². The van der Waals surface area contributed by atoms with Crippen molar-refractivity contribution in [2.45, 2.75) is 13.0 Å². The van der Waals surface area contributed by atoms with Crippen molar-refractivity contribution < 1.29 is 9.18 Å². The summed E-state index contributed by atoms with van der Waals surface area (Å²) < 4.78 is 14.5. The topological polar surface area (TPSA) is 20.3 Å². The van der Waals surface area contributed by atoms with E-state index >= 15 is 0 Å². The number of amides is 1. The molecule has 110 valence electrons. The van der Waals surface area contributed by atoms with Crippen LogP contribution < -0.4 is 0 Å². The van der Waals surface area contributed by atoms with Gasteiger partial charge in [0.25, 0.3) is 5.91 Å². The van der Waals surface area contributed by atoms with Gasteiger partial charge < -0.3 is 4.90 Å². The van der Waals surface area contributed by atoms with Gasteiger partial charge in [0, 0.05) is 16.5 Å². The molecule has 2 aromatic carbocycles. The summed E-state index contributed by atoms with van der Waals surface area (Å²) >= 11 is 9.03. The molecule has 5 heteroatoms. The highest BCUT2D eigenvalue weighted by atomic mass is 79.9. The van der Waals surface area contributed by atoms with Gasteiger partial charge in [-0.3, -0.25) is 4.79 Å². The maximum atomic E-state index is 13.9. The summed E-state index contributed by atoms with van der Waals surface area (Å²) in [5.74, 6) is -0.896. The van der Waals surface area contributed by atoms with Crippen LogP contribution in [0.5, 0.6) is 0 Å². The molecule has 0 bridgehead atoms. The Labute approximate surface area is 136 Å². The Bertz CT molecular complexity index is 660. The van der Waals surface area contributed by atoms with Gasteiger partial charge in [0.15, 0.2) is 0 Å². The van der Waals surface area contributed by atoms with E-state index in [9.17, 15) is 9.18 Å². The third kappa shape index (κ3) is 3.63. The number of carbonyl (C=O) groups is 1. The van der Waals surface area contributed by atoms with Crippen LogP contribution in [0.1, 0.15) is 28.9 Å². The Kier molecular flexibility index (Phi) is 5.01. The number of halogens is 3. The standard InChI is InChI=1S/C16H14BrClFNO/c1-10(11-3-6-13(18)7-4-11)20(2)16(21)14-8-5-12(17)9-15(14)19/h3-10H,1-2H3/t10-/m1/s1. The normalized spacial score (nSPS) is 12.0. The van der Waals surface area contributed by atoms with Crippen molar-refractivity contribution in [2.75, 3.05) is 7.05 Å². The van der Waals surface area contributed by atoms with Crippen molar-refractivity contribution in [1.82, 2.24) is 4.90 Å². The second-order valence-electron chi connectivity index (χ2n) is 4.77. The first-order valence-corrected chi connectivity index (χ1v) is 7.55. The summed E-state index contributed by atoms with van der Waals surface area (Å²) in [5.41, 5.74) is 0.995. The van der Waals surface area contributed by atoms with Crippen molar-refractivity contribution in [3.63, 3.8) is 0 Å². The number of rotatable bonds is 3. The summed E-state index contributed by atoms with van der Waals surface area (Å²) in [6.45, 7) is 1.89. The molecule has 0 spiro atoms. The van der Waals surface area contributed by atoms with Gasteiger partial charge >= 0.3 is 0 Å². The van der Waals surface area contributed by atoms with Crippen molar-refractivity contribution in [3.8, 4) is 0 Å². The van der Waals surface area contributed by atoms with Gasteiger partial charge in [-0.05, 0) is 42.8 Å². The summed E-state index contributed by atoms with van der Waals surface area (Å²) in [5, 5.41) is 0.638. The molecule has 0 unspecified atom stereocenters. The zero-order chi connectivity index (χ0) is 15.6. The van der Waals surface area contributed by atoms with Gasteiger partial charge in [0.1, 0.15) is 5.82 Å². The molecular formula is C16H14BrClFNO. The lowest BCUT2D eigenvalue weighted by molar-refractivity contribution is 0.0738. The molecule has 0 aliphatic heterocycles. The smallest absolute Gasteiger partial charge is 0.257 e. The summed E-state index contributed by atoms with van der Waals surface area (Å²) in [6, 6.07) is 11.5. The van der Waals surface area contributed by atoms with Gasteiger partial charge in [0.2, 0.25) is 0 Å². The molecule has 2 rings (SSSR count). The minimum atomic E-state index is -0.537. The van der Waals surface area contributed by atoms with Crippen molar-refractivity contribution >= 4 is 33.4 Å². The van der Waals surface area contributed by atoms with Crippen molar-refractivity contribution in [1.29, 1.82) is 0 Å². The highest BCUT2D eigenvalue weighted by Gasteiger charge is 2.21. The molecule has 0 saturated heterocycles. The number of hydrogen-bond donors (Lipinski definition) is 0. The van der Waals surface area contributed by atoms with Crippen LogP contribution in [0.4, 0.5) is 4.39 Å². The zero-order valence-electron chi connectivity index (χ0n) is 11.6. The molecule has 0 fully saturated rings. The molecule has 0 aromatic heterocycles. The van der Waals surface area contributed by atoms with E-state index in [1.54, 1.807) is 25.2 Å². The van der Waals surface area contributed by atoms with Crippen LogP contribution in [0.15, 0.2) is 46.9 Å². The number of benzene rings is 2. The Morgan fingerprint density at radius 3 is 2.43 bits per heavy atom. The Hall–Kier alpha value is -1.39. The molecule has 0 aliphatic rings. The average Bonchev–Trinajstić information content (AvgIpc) is 2.46. The predicted octanol–water partition coefficient (Wildman–Crippen LogP) is 5.07. The van der Waals surface area contributed by atoms with Crippen LogP contribution in [-0.4, -0.2) is 17.9 Å². The maximum Gasteiger partial charge on any atom is 0.257 e. The Morgan fingerprint density at radius 1 is 1.24 bits per heavy atom. The molecule has 1 amide bonds. The minimum absolute atomic E-state index is 0.0570. The maximum absolute atomic E-state index is 13.9. The van der Waals surface area contributed by atoms with Crippen molar-refractivity contribution in [3.05, 3.63) is 68.9 Å². The molecule has 21 heavy (non-hydrogen) atoms. The van der Waals surface area contributed by atoms with E-state index in [0.717, 1.165) is 5.56 Å². The van der Waals surface area contributed by atoms with Gasteiger partial charge in [-0.2, -0.15) is 0 Å². The van der Waals surface area contributed by atoms with Crippen molar-refractivity contribution in [2.24, 2.45) is 0 Å². The monoisotopic (exact) mass is 369 g/mol. The Balaban J connectivity index is 2.24. The third-order valence-corrected chi connectivity index (χ3v) is 4.16. The molecule has 0 radical (unpaired) electrons. The van der Waals surface area contributed by atoms with Gasteiger partial charge in [-0.15, -0.1) is 0 Å². The van der Waals surface area contributed by atoms with Crippen LogP contribution >= 0.6 is 27.5 Å². The first-order valence-electron chi connectivity index (χ1n) is 6.38. The number of carbonyl (C=O) groups excluding carboxylic acids is 1. The fraction of sp³-hybridized carbons (Fsp3) is 0.188. The predicted molar refractivity (Wildman–Crippen MR) is 86.1 cm³/mol. The molecular weight excluding hydrogens is 357 g/mol. The molecule has 2 nitrogen and oxygen atoms in total. The van der Waals surface area contributed by atoms with Crippen LogP contribution in [0, 0.1) is 5.82 Å². The molecule has 0 heterocycles. The summed E-state index contributed by atoms with van der Waals surface area (Å²) in [6.07, 6.45) is 0. The highest BCUT2D eigenvalue weighted by Crippen LogP contribution is 2.24. The Morgan fingerprint density at radius 2 is 1.86 bits per heavy atom. The molecule has 1 atom stereocenters. The van der Waals surface area contributed by atoms with E-state index in [1.807, 2.05) is 19.1 Å². The van der Waals surface area contributed by atoms with Crippen LogP contribution in [-0.2, 0) is 0 Å². The zero-order valence-corrected chi connectivity index (χ0v) is 14.0. The number of hydrogen-bond acceptors (Lipinski definition) is 1. The third-order valence-electron chi connectivity index (χ3n) is 3.42. The van der Waals surface area contributed by atoms with E-state index in [0.29, 0.717) is 9.50 Å². The van der Waals surface area contributed by atoms with Crippen LogP contribution in [0.25, 0.3) is 0 Å². The van der Waals surface area contributed by atoms with E-state index < -0.39 is 5.82 Å². The first-order chi connectivity index (χ1) is 9.90. The number of nitrogens with zero attached hydrogens (tertiary/aromatic N) is 1. The van der Waals surface area contributed by atoms with Crippen LogP contribution in [0.3, 0.4) is 0 Å². The van der Waals surface area contributed by atoms with Gasteiger partial charge in [-0.1, -0.05) is 39.7 Å². The lowest BCUT2D eigenvalue weighted by Gasteiger charge is -2.25. The van der Waals surface area contributed by atoms with E-state index in [1.165, 1.54) is 17.0 Å². The molecule has 0 N–H and O–H groups in total. The summed E-state index contributed by atoms with van der Waals surface area (Å²) in [4.78, 5) is 13.9.